The Hall–Kier alpha value is -1.94. The summed E-state index contributed by atoms with van der Waals surface area (Å²) in [5, 5.41) is 7.75. The van der Waals surface area contributed by atoms with Gasteiger partial charge in [-0.1, -0.05) is 30.3 Å². The van der Waals surface area contributed by atoms with E-state index in [1.54, 1.807) is 6.33 Å². The van der Waals surface area contributed by atoms with E-state index >= 15 is 0 Å². The van der Waals surface area contributed by atoms with E-state index in [1.807, 2.05) is 4.68 Å². The van der Waals surface area contributed by atoms with Crippen molar-refractivity contribution in [3.05, 3.63) is 42.2 Å². The number of aryl methyl sites for hydroxylation is 1. The second kappa shape index (κ2) is 5.36. The first-order valence-corrected chi connectivity index (χ1v) is 6.77. The van der Waals surface area contributed by atoms with Crippen LogP contribution in [0.25, 0.3) is 17.0 Å². The van der Waals surface area contributed by atoms with Crippen LogP contribution in [0.4, 0.5) is 0 Å². The molecule has 2 heterocycles. The van der Waals surface area contributed by atoms with Crippen LogP contribution in [0.5, 0.6) is 0 Å². The highest BCUT2D eigenvalue weighted by Gasteiger charge is 2.07. The highest BCUT2D eigenvalue weighted by molar-refractivity contribution is 5.69. The first kappa shape index (κ1) is 12.1. The fourth-order valence-corrected chi connectivity index (χ4v) is 2.30. The Morgan fingerprint density at radius 1 is 1.21 bits per heavy atom. The monoisotopic (exact) mass is 254 g/mol. The van der Waals surface area contributed by atoms with Crippen LogP contribution in [0.1, 0.15) is 18.9 Å². The molecule has 3 rings (SSSR count). The molecule has 0 saturated heterocycles. The first-order chi connectivity index (χ1) is 9.36. The van der Waals surface area contributed by atoms with Crippen molar-refractivity contribution in [1.29, 1.82) is 0 Å². The Kier molecular flexibility index (Phi) is 3.42. The molecule has 0 spiro atoms. The van der Waals surface area contributed by atoms with E-state index in [0.29, 0.717) is 0 Å². The molecule has 0 saturated carbocycles. The molecule has 0 aliphatic carbocycles. The maximum absolute atomic E-state index is 4.42. The van der Waals surface area contributed by atoms with E-state index in [1.165, 1.54) is 11.1 Å². The summed E-state index contributed by atoms with van der Waals surface area (Å²) >= 11 is 0. The van der Waals surface area contributed by atoms with E-state index in [9.17, 15) is 0 Å². The van der Waals surface area contributed by atoms with Gasteiger partial charge in [0, 0.05) is 18.7 Å². The Morgan fingerprint density at radius 3 is 2.63 bits per heavy atom. The SMILES string of the molecule is CCn1cnc(-c2ccc(C3=CCNCC3)cc2)n1. The largest absolute Gasteiger partial charge is 0.313 e. The molecular weight excluding hydrogens is 236 g/mol. The molecule has 0 atom stereocenters. The maximum atomic E-state index is 4.42. The van der Waals surface area contributed by atoms with Crippen molar-refractivity contribution in [2.75, 3.05) is 13.1 Å². The second-order valence-corrected chi connectivity index (χ2v) is 4.68. The van der Waals surface area contributed by atoms with Gasteiger partial charge in [-0.25, -0.2) is 4.98 Å². The molecule has 0 bridgehead atoms. The molecule has 4 heteroatoms. The van der Waals surface area contributed by atoms with Crippen LogP contribution >= 0.6 is 0 Å². The minimum absolute atomic E-state index is 0.799. The van der Waals surface area contributed by atoms with Crippen LogP contribution in [0.2, 0.25) is 0 Å². The molecule has 2 aromatic rings. The number of rotatable bonds is 3. The molecule has 1 aromatic heterocycles. The number of aromatic nitrogens is 3. The van der Waals surface area contributed by atoms with Gasteiger partial charge in [0.25, 0.3) is 0 Å². The molecular formula is C15H18N4. The van der Waals surface area contributed by atoms with Gasteiger partial charge >= 0.3 is 0 Å². The van der Waals surface area contributed by atoms with Crippen LogP contribution in [0.3, 0.4) is 0 Å². The lowest BCUT2D eigenvalue weighted by atomic mass is 9.99. The Morgan fingerprint density at radius 2 is 2.00 bits per heavy atom. The smallest absolute Gasteiger partial charge is 0.181 e. The van der Waals surface area contributed by atoms with Gasteiger partial charge in [0.05, 0.1) is 0 Å². The molecule has 0 amide bonds. The highest BCUT2D eigenvalue weighted by Crippen LogP contribution is 2.22. The van der Waals surface area contributed by atoms with Crippen LogP contribution in [-0.2, 0) is 6.54 Å². The number of hydrogen-bond acceptors (Lipinski definition) is 3. The molecule has 4 nitrogen and oxygen atoms in total. The van der Waals surface area contributed by atoms with Gasteiger partial charge in [-0.3, -0.25) is 4.68 Å². The quantitative estimate of drug-likeness (QED) is 0.914. The number of nitrogens with zero attached hydrogens (tertiary/aromatic N) is 3. The summed E-state index contributed by atoms with van der Waals surface area (Å²) < 4.78 is 1.85. The van der Waals surface area contributed by atoms with Crippen molar-refractivity contribution in [3.63, 3.8) is 0 Å². The first-order valence-electron chi connectivity index (χ1n) is 6.77. The van der Waals surface area contributed by atoms with Crippen molar-refractivity contribution >= 4 is 5.57 Å². The summed E-state index contributed by atoms with van der Waals surface area (Å²) in [6.07, 6.45) is 5.14. The zero-order valence-electron chi connectivity index (χ0n) is 11.1. The van der Waals surface area contributed by atoms with Crippen LogP contribution in [0, 0.1) is 0 Å². The molecule has 0 fully saturated rings. The number of hydrogen-bond donors (Lipinski definition) is 1. The molecule has 0 radical (unpaired) electrons. The van der Waals surface area contributed by atoms with Gasteiger partial charge in [0.2, 0.25) is 0 Å². The molecule has 1 N–H and O–H groups in total. The summed E-state index contributed by atoms with van der Waals surface area (Å²) in [6.45, 7) is 4.95. The van der Waals surface area contributed by atoms with Gasteiger partial charge in [0.1, 0.15) is 6.33 Å². The molecule has 1 aromatic carbocycles. The van der Waals surface area contributed by atoms with Gasteiger partial charge in [-0.15, -0.1) is 0 Å². The molecule has 98 valence electrons. The normalized spacial score (nSPS) is 15.3. The summed E-state index contributed by atoms with van der Waals surface area (Å²) in [4.78, 5) is 4.33. The molecule has 19 heavy (non-hydrogen) atoms. The predicted molar refractivity (Wildman–Crippen MR) is 76.6 cm³/mol. The number of nitrogens with one attached hydrogen (secondary N) is 1. The summed E-state index contributed by atoms with van der Waals surface area (Å²) in [6, 6.07) is 8.54. The topological polar surface area (TPSA) is 42.7 Å². The van der Waals surface area contributed by atoms with Crippen LogP contribution in [-0.4, -0.2) is 27.9 Å². The number of benzene rings is 1. The minimum atomic E-state index is 0.799. The van der Waals surface area contributed by atoms with E-state index < -0.39 is 0 Å². The van der Waals surface area contributed by atoms with E-state index in [-0.39, 0.29) is 0 Å². The van der Waals surface area contributed by atoms with E-state index in [0.717, 1.165) is 37.4 Å². The van der Waals surface area contributed by atoms with E-state index in [2.05, 4.69) is 52.7 Å². The van der Waals surface area contributed by atoms with Crippen molar-refractivity contribution in [2.45, 2.75) is 19.9 Å². The summed E-state index contributed by atoms with van der Waals surface area (Å²) in [5.41, 5.74) is 3.81. The average Bonchev–Trinajstić information content (AvgIpc) is 2.97. The van der Waals surface area contributed by atoms with Crippen molar-refractivity contribution < 1.29 is 0 Å². The lowest BCUT2D eigenvalue weighted by Crippen LogP contribution is -2.19. The standard InChI is InChI=1S/C15H18N4/c1-2-19-11-17-15(18-19)14-5-3-12(4-6-14)13-7-9-16-10-8-13/h3-7,11,16H,2,8-10H2,1H3. The zero-order valence-corrected chi connectivity index (χ0v) is 11.1. The third-order valence-electron chi connectivity index (χ3n) is 3.44. The summed E-state index contributed by atoms with van der Waals surface area (Å²) in [5.74, 6) is 0.799. The maximum Gasteiger partial charge on any atom is 0.181 e. The van der Waals surface area contributed by atoms with Crippen molar-refractivity contribution in [3.8, 4) is 11.4 Å². The fraction of sp³-hybridized carbons (Fsp3) is 0.333. The van der Waals surface area contributed by atoms with Gasteiger partial charge in [-0.2, -0.15) is 5.10 Å². The zero-order chi connectivity index (χ0) is 13.1. The molecule has 1 aliphatic heterocycles. The second-order valence-electron chi connectivity index (χ2n) is 4.68. The third kappa shape index (κ3) is 2.58. The van der Waals surface area contributed by atoms with Crippen LogP contribution in [0.15, 0.2) is 36.7 Å². The third-order valence-corrected chi connectivity index (χ3v) is 3.44. The highest BCUT2D eigenvalue weighted by atomic mass is 15.3. The lowest BCUT2D eigenvalue weighted by Gasteiger charge is -2.14. The van der Waals surface area contributed by atoms with Crippen LogP contribution < -0.4 is 5.32 Å². The Balaban J connectivity index is 1.84. The molecule has 1 aliphatic rings. The predicted octanol–water partition coefficient (Wildman–Crippen LogP) is 2.34. The Bertz CT molecular complexity index is 580. The average molecular weight is 254 g/mol. The lowest BCUT2D eigenvalue weighted by molar-refractivity contribution is 0.659. The van der Waals surface area contributed by atoms with Gasteiger partial charge in [0.15, 0.2) is 5.82 Å². The van der Waals surface area contributed by atoms with Gasteiger partial charge < -0.3 is 5.32 Å². The fourth-order valence-electron chi connectivity index (χ4n) is 2.30. The summed E-state index contributed by atoms with van der Waals surface area (Å²) in [7, 11) is 0. The van der Waals surface area contributed by atoms with Crippen molar-refractivity contribution in [2.24, 2.45) is 0 Å². The van der Waals surface area contributed by atoms with Gasteiger partial charge in [-0.05, 0) is 31.0 Å². The Labute approximate surface area is 113 Å². The van der Waals surface area contributed by atoms with E-state index in [4.69, 9.17) is 0 Å². The van der Waals surface area contributed by atoms with Crippen molar-refractivity contribution in [1.82, 2.24) is 20.1 Å². The molecule has 0 unspecified atom stereocenters. The minimum Gasteiger partial charge on any atom is -0.313 e.